The van der Waals surface area contributed by atoms with Crippen molar-refractivity contribution in [1.82, 2.24) is 10.6 Å². The third-order valence-electron chi connectivity index (χ3n) is 3.19. The molecule has 17 heavy (non-hydrogen) atoms. The second kappa shape index (κ2) is 5.32. The Morgan fingerprint density at radius 2 is 2.00 bits per heavy atom. The highest BCUT2D eigenvalue weighted by Crippen LogP contribution is 2.17. The van der Waals surface area contributed by atoms with E-state index >= 15 is 0 Å². The predicted molar refractivity (Wildman–Crippen MR) is 69.3 cm³/mol. The van der Waals surface area contributed by atoms with Crippen LogP contribution < -0.4 is 10.6 Å². The molecule has 0 heterocycles. The number of rotatable bonds is 5. The van der Waals surface area contributed by atoms with Crippen LogP contribution in [0.1, 0.15) is 34.3 Å². The van der Waals surface area contributed by atoms with Crippen molar-refractivity contribution in [3.05, 3.63) is 34.9 Å². The predicted octanol–water partition coefficient (Wildman–Crippen LogP) is 1.79. The Morgan fingerprint density at radius 3 is 2.65 bits per heavy atom. The Bertz CT molecular complexity index is 411. The van der Waals surface area contributed by atoms with E-state index in [2.05, 4.69) is 17.6 Å². The van der Waals surface area contributed by atoms with Crippen LogP contribution in [0.15, 0.2) is 18.2 Å². The van der Waals surface area contributed by atoms with Crippen molar-refractivity contribution < 1.29 is 4.79 Å². The molecular weight excluding hydrogens is 212 g/mol. The van der Waals surface area contributed by atoms with Crippen LogP contribution in [0.3, 0.4) is 0 Å². The minimum absolute atomic E-state index is 0.0192. The van der Waals surface area contributed by atoms with Crippen molar-refractivity contribution in [2.24, 2.45) is 0 Å². The maximum atomic E-state index is 11.8. The SMILES string of the molecule is Cc1ccc(C(=O)NCCNC2CC2)cc1C. The molecule has 0 aromatic heterocycles. The largest absolute Gasteiger partial charge is 0.351 e. The first-order valence-corrected chi connectivity index (χ1v) is 6.25. The van der Waals surface area contributed by atoms with Crippen LogP contribution in [0.5, 0.6) is 0 Å². The summed E-state index contributed by atoms with van der Waals surface area (Å²) >= 11 is 0. The van der Waals surface area contributed by atoms with Gasteiger partial charge in [0.25, 0.3) is 5.91 Å². The molecule has 0 radical (unpaired) electrons. The second-order valence-electron chi connectivity index (χ2n) is 4.78. The van der Waals surface area contributed by atoms with Crippen LogP contribution in [-0.4, -0.2) is 25.0 Å². The minimum Gasteiger partial charge on any atom is -0.351 e. The zero-order valence-electron chi connectivity index (χ0n) is 10.5. The van der Waals surface area contributed by atoms with Crippen LogP contribution in [0.2, 0.25) is 0 Å². The number of carbonyl (C=O) groups excluding carboxylic acids is 1. The maximum absolute atomic E-state index is 11.8. The topological polar surface area (TPSA) is 41.1 Å². The lowest BCUT2D eigenvalue weighted by molar-refractivity contribution is 0.0954. The molecule has 0 atom stereocenters. The molecule has 0 spiro atoms. The van der Waals surface area contributed by atoms with Crippen molar-refractivity contribution in [2.45, 2.75) is 32.7 Å². The molecule has 1 fully saturated rings. The Balaban J connectivity index is 1.79. The Labute approximate surface area is 103 Å². The fourth-order valence-corrected chi connectivity index (χ4v) is 1.72. The summed E-state index contributed by atoms with van der Waals surface area (Å²) in [7, 11) is 0. The zero-order valence-corrected chi connectivity index (χ0v) is 10.5. The van der Waals surface area contributed by atoms with Gasteiger partial charge in [-0.25, -0.2) is 0 Å². The van der Waals surface area contributed by atoms with Gasteiger partial charge in [-0.05, 0) is 49.9 Å². The number of nitrogens with one attached hydrogen (secondary N) is 2. The molecule has 1 aromatic carbocycles. The Morgan fingerprint density at radius 1 is 1.24 bits per heavy atom. The summed E-state index contributed by atoms with van der Waals surface area (Å²) < 4.78 is 0. The van der Waals surface area contributed by atoms with E-state index in [9.17, 15) is 4.79 Å². The molecular formula is C14H20N2O. The highest BCUT2D eigenvalue weighted by atomic mass is 16.1. The van der Waals surface area contributed by atoms with Gasteiger partial charge in [0, 0.05) is 24.7 Å². The van der Waals surface area contributed by atoms with Gasteiger partial charge in [0.1, 0.15) is 0 Å². The average Bonchev–Trinajstić information content (AvgIpc) is 3.12. The van der Waals surface area contributed by atoms with Crippen LogP contribution in [0.25, 0.3) is 0 Å². The molecule has 0 bridgehead atoms. The van der Waals surface area contributed by atoms with E-state index in [1.165, 1.54) is 18.4 Å². The highest BCUT2D eigenvalue weighted by molar-refractivity contribution is 5.94. The molecule has 1 saturated carbocycles. The van der Waals surface area contributed by atoms with Gasteiger partial charge < -0.3 is 10.6 Å². The van der Waals surface area contributed by atoms with Gasteiger partial charge in [0.15, 0.2) is 0 Å². The molecule has 0 unspecified atom stereocenters. The zero-order chi connectivity index (χ0) is 12.3. The summed E-state index contributed by atoms with van der Waals surface area (Å²) in [5.41, 5.74) is 3.13. The Kier molecular flexibility index (Phi) is 3.79. The lowest BCUT2D eigenvalue weighted by Gasteiger charge is -2.07. The monoisotopic (exact) mass is 232 g/mol. The number of aryl methyl sites for hydroxylation is 2. The van der Waals surface area contributed by atoms with Gasteiger partial charge in [0.2, 0.25) is 0 Å². The molecule has 2 N–H and O–H groups in total. The number of hydrogen-bond donors (Lipinski definition) is 2. The van der Waals surface area contributed by atoms with Crippen LogP contribution in [0.4, 0.5) is 0 Å². The van der Waals surface area contributed by atoms with Crippen LogP contribution in [0, 0.1) is 13.8 Å². The number of hydrogen-bond acceptors (Lipinski definition) is 2. The molecule has 2 rings (SSSR count). The average molecular weight is 232 g/mol. The standard InChI is InChI=1S/C14H20N2O/c1-10-3-4-12(9-11(10)2)14(17)16-8-7-15-13-5-6-13/h3-4,9,13,15H,5-8H2,1-2H3,(H,16,17). The minimum atomic E-state index is 0.0192. The number of benzene rings is 1. The van der Waals surface area contributed by atoms with Gasteiger partial charge in [-0.1, -0.05) is 6.07 Å². The quantitative estimate of drug-likeness (QED) is 0.760. The Hall–Kier alpha value is -1.35. The molecule has 92 valence electrons. The number of carbonyl (C=O) groups is 1. The van der Waals surface area contributed by atoms with E-state index in [0.29, 0.717) is 12.6 Å². The van der Waals surface area contributed by atoms with E-state index in [1.54, 1.807) is 0 Å². The summed E-state index contributed by atoms with van der Waals surface area (Å²) in [6.45, 7) is 5.64. The first-order valence-electron chi connectivity index (χ1n) is 6.25. The molecule has 1 aromatic rings. The van der Waals surface area contributed by atoms with Crippen molar-refractivity contribution >= 4 is 5.91 Å². The van der Waals surface area contributed by atoms with Crippen molar-refractivity contribution in [3.8, 4) is 0 Å². The first kappa shape index (κ1) is 12.1. The first-order chi connectivity index (χ1) is 8.16. The van der Waals surface area contributed by atoms with E-state index in [0.717, 1.165) is 17.7 Å². The van der Waals surface area contributed by atoms with E-state index in [-0.39, 0.29) is 5.91 Å². The normalized spacial score (nSPS) is 14.7. The molecule has 1 amide bonds. The smallest absolute Gasteiger partial charge is 0.251 e. The molecule has 3 heteroatoms. The van der Waals surface area contributed by atoms with Crippen LogP contribution >= 0.6 is 0 Å². The maximum Gasteiger partial charge on any atom is 0.251 e. The van der Waals surface area contributed by atoms with Gasteiger partial charge in [-0.3, -0.25) is 4.79 Å². The van der Waals surface area contributed by atoms with E-state index < -0.39 is 0 Å². The fourth-order valence-electron chi connectivity index (χ4n) is 1.72. The summed E-state index contributed by atoms with van der Waals surface area (Å²) in [4.78, 5) is 11.8. The molecule has 0 saturated heterocycles. The third-order valence-corrected chi connectivity index (χ3v) is 3.19. The van der Waals surface area contributed by atoms with E-state index in [4.69, 9.17) is 0 Å². The van der Waals surface area contributed by atoms with Crippen molar-refractivity contribution in [1.29, 1.82) is 0 Å². The molecule has 1 aliphatic carbocycles. The van der Waals surface area contributed by atoms with Gasteiger partial charge in [-0.15, -0.1) is 0 Å². The van der Waals surface area contributed by atoms with E-state index in [1.807, 2.05) is 25.1 Å². The van der Waals surface area contributed by atoms with Crippen LogP contribution in [-0.2, 0) is 0 Å². The summed E-state index contributed by atoms with van der Waals surface area (Å²) in [6.07, 6.45) is 2.57. The van der Waals surface area contributed by atoms with Crippen molar-refractivity contribution in [3.63, 3.8) is 0 Å². The second-order valence-corrected chi connectivity index (χ2v) is 4.78. The third kappa shape index (κ3) is 3.56. The molecule has 0 aliphatic heterocycles. The fraction of sp³-hybridized carbons (Fsp3) is 0.500. The lowest BCUT2D eigenvalue weighted by atomic mass is 10.1. The summed E-state index contributed by atoms with van der Waals surface area (Å²) in [5.74, 6) is 0.0192. The summed E-state index contributed by atoms with van der Waals surface area (Å²) in [6, 6.07) is 6.52. The molecule has 3 nitrogen and oxygen atoms in total. The number of amides is 1. The van der Waals surface area contributed by atoms with Gasteiger partial charge >= 0.3 is 0 Å². The van der Waals surface area contributed by atoms with Gasteiger partial charge in [-0.2, -0.15) is 0 Å². The summed E-state index contributed by atoms with van der Waals surface area (Å²) in [5, 5.41) is 6.30. The highest BCUT2D eigenvalue weighted by Gasteiger charge is 2.19. The lowest BCUT2D eigenvalue weighted by Crippen LogP contribution is -2.32. The molecule has 1 aliphatic rings. The van der Waals surface area contributed by atoms with Crippen molar-refractivity contribution in [2.75, 3.05) is 13.1 Å². The van der Waals surface area contributed by atoms with Gasteiger partial charge in [0.05, 0.1) is 0 Å².